The second kappa shape index (κ2) is 12.8. The van der Waals surface area contributed by atoms with Gasteiger partial charge in [-0.3, -0.25) is 4.99 Å². The summed E-state index contributed by atoms with van der Waals surface area (Å²) in [4.78, 5) is 16.2. The van der Waals surface area contributed by atoms with E-state index in [9.17, 15) is 4.79 Å². The van der Waals surface area contributed by atoms with Crippen molar-refractivity contribution in [3.63, 3.8) is 0 Å². The van der Waals surface area contributed by atoms with Crippen LogP contribution in [0.4, 0.5) is 5.69 Å². The molecule has 2 N–H and O–H groups in total. The van der Waals surface area contributed by atoms with Crippen molar-refractivity contribution in [1.82, 2.24) is 5.32 Å². The first-order valence-electron chi connectivity index (χ1n) is 9.10. The molecule has 30 heavy (non-hydrogen) atoms. The van der Waals surface area contributed by atoms with Crippen LogP contribution >= 0.6 is 24.0 Å². The van der Waals surface area contributed by atoms with Crippen molar-refractivity contribution in [2.75, 3.05) is 40.3 Å². The fourth-order valence-corrected chi connectivity index (χ4v) is 2.66. The fraction of sp³-hybridized carbons (Fsp3) is 0.333. The monoisotopic (exact) mass is 529 g/mol. The number of hydrogen-bond acceptors (Lipinski definition) is 6. The molecule has 0 spiro atoms. The Bertz CT molecular complexity index is 874. The number of methoxy groups -OCH3 is 3. The van der Waals surface area contributed by atoms with Gasteiger partial charge in [-0.25, -0.2) is 4.79 Å². The average Bonchev–Trinajstić information content (AvgIpc) is 2.76. The maximum Gasteiger partial charge on any atom is 0.341 e. The van der Waals surface area contributed by atoms with Crippen LogP contribution in [-0.2, 0) is 11.3 Å². The van der Waals surface area contributed by atoms with Gasteiger partial charge in [0.15, 0.2) is 17.5 Å². The van der Waals surface area contributed by atoms with Crippen LogP contribution in [0.15, 0.2) is 41.4 Å². The number of carbonyl (C=O) groups excluding carboxylic acids is 1. The molecule has 8 nitrogen and oxygen atoms in total. The Hall–Kier alpha value is -2.69. The molecule has 0 unspecified atom stereocenters. The summed E-state index contributed by atoms with van der Waals surface area (Å²) >= 11 is 0. The summed E-state index contributed by atoms with van der Waals surface area (Å²) in [6, 6.07) is 10.9. The number of carbonyl (C=O) groups is 1. The number of ether oxygens (including phenoxy) is 4. The number of benzene rings is 2. The van der Waals surface area contributed by atoms with Gasteiger partial charge < -0.3 is 29.6 Å². The molecule has 0 fully saturated rings. The molecule has 0 aliphatic rings. The Balaban J connectivity index is 0.00000450. The second-order valence-electron chi connectivity index (χ2n) is 5.88. The molecule has 2 rings (SSSR count). The highest BCUT2D eigenvalue weighted by atomic mass is 127. The SMILES string of the molecule is CCOc1ccc(NC(=NC)NCc2ccc(OC)c(C(=O)OC)c2)cc1OC.I. The molecule has 0 radical (unpaired) electrons. The van der Waals surface area contributed by atoms with Crippen LogP contribution < -0.4 is 24.8 Å². The van der Waals surface area contributed by atoms with Crippen molar-refractivity contribution in [1.29, 1.82) is 0 Å². The normalized spacial score (nSPS) is 10.5. The zero-order valence-corrected chi connectivity index (χ0v) is 20.1. The summed E-state index contributed by atoms with van der Waals surface area (Å²) in [5, 5.41) is 6.41. The third kappa shape index (κ3) is 6.68. The summed E-state index contributed by atoms with van der Waals surface area (Å²) in [5.41, 5.74) is 2.04. The lowest BCUT2D eigenvalue weighted by Crippen LogP contribution is -2.30. The van der Waals surface area contributed by atoms with Gasteiger partial charge in [0.1, 0.15) is 11.3 Å². The van der Waals surface area contributed by atoms with Crippen molar-refractivity contribution in [3.8, 4) is 17.2 Å². The first kappa shape index (κ1) is 25.3. The Morgan fingerprint density at radius 3 is 2.30 bits per heavy atom. The van der Waals surface area contributed by atoms with Gasteiger partial charge in [-0.2, -0.15) is 0 Å². The number of rotatable bonds is 8. The van der Waals surface area contributed by atoms with Gasteiger partial charge in [-0.05, 0) is 36.8 Å². The third-order valence-corrected chi connectivity index (χ3v) is 4.08. The molecule has 0 atom stereocenters. The molecular formula is C21H28IN3O5. The van der Waals surface area contributed by atoms with E-state index in [0.29, 0.717) is 41.9 Å². The third-order valence-electron chi connectivity index (χ3n) is 4.08. The second-order valence-corrected chi connectivity index (χ2v) is 5.88. The molecule has 0 aliphatic heterocycles. The molecule has 2 aromatic rings. The number of guanidine groups is 1. The Morgan fingerprint density at radius 1 is 1.00 bits per heavy atom. The van der Waals surface area contributed by atoms with Gasteiger partial charge in [0.2, 0.25) is 0 Å². The predicted molar refractivity (Wildman–Crippen MR) is 128 cm³/mol. The molecule has 0 heterocycles. The molecule has 0 aliphatic carbocycles. The first-order chi connectivity index (χ1) is 14.1. The topological polar surface area (TPSA) is 90.4 Å². The number of halogens is 1. The smallest absolute Gasteiger partial charge is 0.341 e. The van der Waals surface area contributed by atoms with E-state index >= 15 is 0 Å². The summed E-state index contributed by atoms with van der Waals surface area (Å²) in [6.07, 6.45) is 0. The minimum Gasteiger partial charge on any atom is -0.496 e. The molecular weight excluding hydrogens is 501 g/mol. The van der Waals surface area contributed by atoms with Crippen LogP contribution in [0, 0.1) is 0 Å². The number of aliphatic imine (C=N–C) groups is 1. The average molecular weight is 529 g/mol. The van der Waals surface area contributed by atoms with Gasteiger partial charge in [0.25, 0.3) is 0 Å². The Morgan fingerprint density at radius 2 is 1.70 bits per heavy atom. The molecule has 2 aromatic carbocycles. The molecule has 164 valence electrons. The van der Waals surface area contributed by atoms with Crippen LogP contribution in [0.3, 0.4) is 0 Å². The van der Waals surface area contributed by atoms with E-state index in [1.807, 2.05) is 31.2 Å². The van der Waals surface area contributed by atoms with Gasteiger partial charge in [0.05, 0.1) is 27.9 Å². The summed E-state index contributed by atoms with van der Waals surface area (Å²) in [7, 11) is 6.12. The lowest BCUT2D eigenvalue weighted by atomic mass is 10.1. The van der Waals surface area contributed by atoms with Gasteiger partial charge in [-0.15, -0.1) is 24.0 Å². The van der Waals surface area contributed by atoms with Gasteiger partial charge in [-0.1, -0.05) is 6.07 Å². The van der Waals surface area contributed by atoms with Crippen LogP contribution in [0.25, 0.3) is 0 Å². The number of anilines is 1. The lowest BCUT2D eigenvalue weighted by molar-refractivity contribution is 0.0597. The minimum absolute atomic E-state index is 0. The Kier molecular flexibility index (Phi) is 10.8. The zero-order chi connectivity index (χ0) is 21.2. The van der Waals surface area contributed by atoms with Crippen LogP contribution in [-0.4, -0.2) is 46.9 Å². The predicted octanol–water partition coefficient (Wildman–Crippen LogP) is 3.69. The molecule has 0 bridgehead atoms. The summed E-state index contributed by atoms with van der Waals surface area (Å²) < 4.78 is 20.9. The fourth-order valence-electron chi connectivity index (χ4n) is 2.66. The van der Waals surface area contributed by atoms with Crippen LogP contribution in [0.1, 0.15) is 22.8 Å². The van der Waals surface area contributed by atoms with E-state index in [-0.39, 0.29) is 24.0 Å². The highest BCUT2D eigenvalue weighted by Gasteiger charge is 2.14. The van der Waals surface area contributed by atoms with Crippen LogP contribution in [0.5, 0.6) is 17.2 Å². The molecule has 9 heteroatoms. The molecule has 0 aromatic heterocycles. The molecule has 0 saturated heterocycles. The largest absolute Gasteiger partial charge is 0.496 e. The maximum atomic E-state index is 11.9. The number of nitrogens with zero attached hydrogens (tertiary/aromatic N) is 1. The van der Waals surface area contributed by atoms with Crippen molar-refractivity contribution >= 4 is 41.6 Å². The van der Waals surface area contributed by atoms with E-state index in [1.54, 1.807) is 26.3 Å². The summed E-state index contributed by atoms with van der Waals surface area (Å²) in [6.45, 7) is 2.92. The minimum atomic E-state index is -0.451. The zero-order valence-electron chi connectivity index (χ0n) is 17.8. The number of esters is 1. The van der Waals surface area contributed by atoms with E-state index < -0.39 is 5.97 Å². The van der Waals surface area contributed by atoms with Crippen molar-refractivity contribution in [2.24, 2.45) is 4.99 Å². The summed E-state index contributed by atoms with van der Waals surface area (Å²) in [5.74, 6) is 1.88. The van der Waals surface area contributed by atoms with E-state index in [4.69, 9.17) is 18.9 Å². The van der Waals surface area contributed by atoms with E-state index in [0.717, 1.165) is 11.3 Å². The first-order valence-corrected chi connectivity index (χ1v) is 9.10. The maximum absolute atomic E-state index is 11.9. The van der Waals surface area contributed by atoms with Gasteiger partial charge >= 0.3 is 5.97 Å². The lowest BCUT2D eigenvalue weighted by Gasteiger charge is -2.15. The van der Waals surface area contributed by atoms with Gasteiger partial charge in [0, 0.05) is 25.3 Å². The Labute approximate surface area is 194 Å². The van der Waals surface area contributed by atoms with Crippen molar-refractivity contribution < 1.29 is 23.7 Å². The highest BCUT2D eigenvalue weighted by molar-refractivity contribution is 14.0. The van der Waals surface area contributed by atoms with E-state index in [1.165, 1.54) is 14.2 Å². The molecule has 0 amide bonds. The highest BCUT2D eigenvalue weighted by Crippen LogP contribution is 2.30. The number of nitrogens with one attached hydrogen (secondary N) is 2. The standard InChI is InChI=1S/C21H27N3O5.HI/c1-6-29-18-10-8-15(12-19(18)27-4)24-21(22-2)23-13-14-7-9-17(26-3)16(11-14)20(25)28-5;/h7-12H,6,13H2,1-5H3,(H2,22,23,24);1H. The molecule has 0 saturated carbocycles. The van der Waals surface area contributed by atoms with Crippen molar-refractivity contribution in [3.05, 3.63) is 47.5 Å². The quantitative estimate of drug-likeness (QED) is 0.233. The van der Waals surface area contributed by atoms with Crippen molar-refractivity contribution in [2.45, 2.75) is 13.5 Å². The number of hydrogen-bond donors (Lipinski definition) is 2. The van der Waals surface area contributed by atoms with Crippen LogP contribution in [0.2, 0.25) is 0 Å². The van der Waals surface area contributed by atoms with E-state index in [2.05, 4.69) is 15.6 Å².